The minimum atomic E-state index is 0.610. The Balaban J connectivity index is 1.73. The second kappa shape index (κ2) is 6.50. The second-order valence-corrected chi connectivity index (χ2v) is 5.51. The molecule has 1 aliphatic heterocycles. The van der Waals surface area contributed by atoms with Crippen molar-refractivity contribution in [2.45, 2.75) is 12.6 Å². The van der Waals surface area contributed by atoms with E-state index in [1.807, 2.05) is 0 Å². The van der Waals surface area contributed by atoms with Gasteiger partial charge >= 0.3 is 0 Å². The molecule has 0 saturated carbocycles. The van der Waals surface area contributed by atoms with Gasteiger partial charge in [0.15, 0.2) is 0 Å². The molecule has 0 aliphatic carbocycles. The molecule has 0 aromatic heterocycles. The highest BCUT2D eigenvalue weighted by molar-refractivity contribution is 9.10. The molecule has 94 valence electrons. The summed E-state index contributed by atoms with van der Waals surface area (Å²) in [5.74, 6) is 0. The van der Waals surface area contributed by atoms with Crippen LogP contribution in [0.4, 0.5) is 0 Å². The topological polar surface area (TPSA) is 27.3 Å². The summed E-state index contributed by atoms with van der Waals surface area (Å²) in [6, 6.07) is 9.09. The number of piperazine rings is 1. The van der Waals surface area contributed by atoms with Crippen LogP contribution in [-0.4, -0.2) is 44.2 Å². The Labute approximate surface area is 112 Å². The molecule has 0 bridgehead atoms. The van der Waals surface area contributed by atoms with Crippen molar-refractivity contribution in [1.82, 2.24) is 15.5 Å². The van der Waals surface area contributed by atoms with Crippen LogP contribution in [0.2, 0.25) is 0 Å². The van der Waals surface area contributed by atoms with Gasteiger partial charge in [0.1, 0.15) is 0 Å². The van der Waals surface area contributed by atoms with Gasteiger partial charge in [-0.05, 0) is 24.7 Å². The molecule has 1 aromatic carbocycles. The van der Waals surface area contributed by atoms with E-state index in [9.17, 15) is 0 Å². The van der Waals surface area contributed by atoms with E-state index in [-0.39, 0.29) is 0 Å². The fraction of sp³-hybridized carbons (Fsp3) is 0.538. The molecule has 4 heteroatoms. The van der Waals surface area contributed by atoms with Crippen LogP contribution >= 0.6 is 15.9 Å². The van der Waals surface area contributed by atoms with Gasteiger partial charge in [-0.2, -0.15) is 0 Å². The smallest absolute Gasteiger partial charge is 0.0342 e. The summed E-state index contributed by atoms with van der Waals surface area (Å²) in [6.07, 6.45) is 0. The Bertz CT molecular complexity index is 339. The van der Waals surface area contributed by atoms with Crippen molar-refractivity contribution >= 4 is 15.9 Å². The van der Waals surface area contributed by atoms with Crippen LogP contribution in [0.3, 0.4) is 0 Å². The highest BCUT2D eigenvalue weighted by Crippen LogP contribution is 2.10. The molecule has 1 saturated heterocycles. The number of nitrogens with zero attached hydrogens (tertiary/aromatic N) is 1. The third kappa shape index (κ3) is 4.07. The molecule has 2 rings (SSSR count). The van der Waals surface area contributed by atoms with Gasteiger partial charge in [-0.15, -0.1) is 0 Å². The average Bonchev–Trinajstić information content (AvgIpc) is 2.34. The molecule has 1 fully saturated rings. The zero-order valence-electron chi connectivity index (χ0n) is 10.2. The molecule has 1 aromatic rings. The molecule has 3 nitrogen and oxygen atoms in total. The molecular weight excluding hydrogens is 278 g/mol. The van der Waals surface area contributed by atoms with Crippen molar-refractivity contribution in [1.29, 1.82) is 0 Å². The fourth-order valence-corrected chi connectivity index (χ4v) is 2.34. The number of benzene rings is 1. The first-order valence-electron chi connectivity index (χ1n) is 6.12. The maximum atomic E-state index is 3.52. The average molecular weight is 298 g/mol. The minimum absolute atomic E-state index is 0.610. The van der Waals surface area contributed by atoms with Crippen LogP contribution in [0.1, 0.15) is 5.56 Å². The van der Waals surface area contributed by atoms with E-state index in [0.717, 1.165) is 37.2 Å². The zero-order chi connectivity index (χ0) is 12.1. The Morgan fingerprint density at radius 2 is 2.18 bits per heavy atom. The summed E-state index contributed by atoms with van der Waals surface area (Å²) in [7, 11) is 2.20. The standard InChI is InChI=1S/C13H20BrN3/c1-17-7-6-15-9-13(17)10-16-8-11-2-4-12(14)5-3-11/h2-5,13,15-16H,6-10H2,1H3. The summed E-state index contributed by atoms with van der Waals surface area (Å²) >= 11 is 3.45. The first kappa shape index (κ1) is 13.0. The molecule has 0 radical (unpaired) electrons. The zero-order valence-corrected chi connectivity index (χ0v) is 11.8. The summed E-state index contributed by atoms with van der Waals surface area (Å²) in [4.78, 5) is 2.42. The largest absolute Gasteiger partial charge is 0.314 e. The van der Waals surface area contributed by atoms with Crippen molar-refractivity contribution in [2.75, 3.05) is 33.2 Å². The van der Waals surface area contributed by atoms with Crippen LogP contribution in [0, 0.1) is 0 Å². The predicted octanol–water partition coefficient (Wildman–Crippen LogP) is 1.44. The Hall–Kier alpha value is -0.420. The van der Waals surface area contributed by atoms with Gasteiger partial charge in [0.25, 0.3) is 0 Å². The minimum Gasteiger partial charge on any atom is -0.314 e. The Morgan fingerprint density at radius 3 is 2.88 bits per heavy atom. The normalized spacial score (nSPS) is 21.6. The Kier molecular flexibility index (Phi) is 4.98. The lowest BCUT2D eigenvalue weighted by atomic mass is 10.2. The first-order chi connectivity index (χ1) is 8.25. The first-order valence-corrected chi connectivity index (χ1v) is 6.91. The Morgan fingerprint density at radius 1 is 1.41 bits per heavy atom. The van der Waals surface area contributed by atoms with E-state index < -0.39 is 0 Å². The number of rotatable bonds is 4. The summed E-state index contributed by atoms with van der Waals surface area (Å²) in [5.41, 5.74) is 1.33. The van der Waals surface area contributed by atoms with Crippen molar-refractivity contribution in [2.24, 2.45) is 0 Å². The molecule has 2 N–H and O–H groups in total. The number of likely N-dealkylation sites (N-methyl/N-ethyl adjacent to an activating group) is 1. The van der Waals surface area contributed by atoms with Crippen LogP contribution in [-0.2, 0) is 6.54 Å². The highest BCUT2D eigenvalue weighted by Gasteiger charge is 2.17. The van der Waals surface area contributed by atoms with Crippen LogP contribution < -0.4 is 10.6 Å². The van der Waals surface area contributed by atoms with E-state index >= 15 is 0 Å². The molecule has 1 aliphatic rings. The number of nitrogens with one attached hydrogen (secondary N) is 2. The van der Waals surface area contributed by atoms with Crippen molar-refractivity contribution in [3.8, 4) is 0 Å². The molecule has 1 unspecified atom stereocenters. The summed E-state index contributed by atoms with van der Waals surface area (Å²) in [5, 5.41) is 6.96. The van der Waals surface area contributed by atoms with Crippen molar-refractivity contribution in [3.05, 3.63) is 34.3 Å². The molecule has 1 atom stereocenters. The van der Waals surface area contributed by atoms with Crippen LogP contribution in [0.15, 0.2) is 28.7 Å². The van der Waals surface area contributed by atoms with Crippen LogP contribution in [0.25, 0.3) is 0 Å². The van der Waals surface area contributed by atoms with Gasteiger partial charge in [0, 0.05) is 43.2 Å². The van der Waals surface area contributed by atoms with Gasteiger partial charge in [-0.1, -0.05) is 28.1 Å². The van der Waals surface area contributed by atoms with Gasteiger partial charge in [-0.3, -0.25) is 4.90 Å². The maximum Gasteiger partial charge on any atom is 0.0342 e. The van der Waals surface area contributed by atoms with E-state index in [1.54, 1.807) is 0 Å². The molecule has 0 amide bonds. The fourth-order valence-electron chi connectivity index (χ4n) is 2.08. The predicted molar refractivity (Wildman–Crippen MR) is 75.1 cm³/mol. The van der Waals surface area contributed by atoms with E-state index in [0.29, 0.717) is 6.04 Å². The number of hydrogen-bond donors (Lipinski definition) is 2. The lowest BCUT2D eigenvalue weighted by molar-refractivity contribution is 0.195. The SMILES string of the molecule is CN1CCNCC1CNCc1ccc(Br)cc1. The number of hydrogen-bond acceptors (Lipinski definition) is 3. The lowest BCUT2D eigenvalue weighted by Crippen LogP contribution is -2.53. The van der Waals surface area contributed by atoms with Crippen molar-refractivity contribution < 1.29 is 0 Å². The lowest BCUT2D eigenvalue weighted by Gasteiger charge is -2.33. The van der Waals surface area contributed by atoms with Crippen molar-refractivity contribution in [3.63, 3.8) is 0 Å². The van der Waals surface area contributed by atoms with E-state index in [2.05, 4.69) is 62.8 Å². The van der Waals surface area contributed by atoms with Crippen LogP contribution in [0.5, 0.6) is 0 Å². The third-order valence-electron chi connectivity index (χ3n) is 3.27. The highest BCUT2D eigenvalue weighted by atomic mass is 79.9. The molecular formula is C13H20BrN3. The molecule has 17 heavy (non-hydrogen) atoms. The molecule has 0 spiro atoms. The second-order valence-electron chi connectivity index (χ2n) is 4.60. The van der Waals surface area contributed by atoms with Gasteiger partial charge in [0.05, 0.1) is 0 Å². The number of halogens is 1. The van der Waals surface area contributed by atoms with Gasteiger partial charge in [0.2, 0.25) is 0 Å². The monoisotopic (exact) mass is 297 g/mol. The quantitative estimate of drug-likeness (QED) is 0.881. The van der Waals surface area contributed by atoms with E-state index in [4.69, 9.17) is 0 Å². The third-order valence-corrected chi connectivity index (χ3v) is 3.80. The van der Waals surface area contributed by atoms with Gasteiger partial charge < -0.3 is 10.6 Å². The summed E-state index contributed by atoms with van der Waals surface area (Å²) < 4.78 is 1.14. The van der Waals surface area contributed by atoms with E-state index in [1.165, 1.54) is 5.56 Å². The van der Waals surface area contributed by atoms with Gasteiger partial charge in [-0.25, -0.2) is 0 Å². The maximum absolute atomic E-state index is 3.52. The summed E-state index contributed by atoms with van der Waals surface area (Å²) in [6.45, 7) is 5.32. The molecule has 1 heterocycles.